The third-order valence-corrected chi connectivity index (χ3v) is 6.62. The van der Waals surface area contributed by atoms with Crippen LogP contribution in [0.5, 0.6) is 0 Å². The fourth-order valence-electron chi connectivity index (χ4n) is 4.77. The molecule has 176 valence electrons. The van der Waals surface area contributed by atoms with Crippen LogP contribution in [-0.2, 0) is 11.3 Å². The summed E-state index contributed by atoms with van der Waals surface area (Å²) in [4.78, 5) is 18.1. The van der Waals surface area contributed by atoms with Crippen molar-refractivity contribution in [2.75, 3.05) is 25.2 Å². The standard InChI is InChI=1S/C21H29F2N5O4/c1-27(14-4-8-32-9-5-14)17-10-18-24-15(11-28(18)26-16(17)12-29)19(25-20(30)31)13-2-6-21(22,23)7-3-13/h10-11,13-14,19,25,29H,2-9,12H2,1H3,(H,30,31). The molecule has 3 heterocycles. The predicted molar refractivity (Wildman–Crippen MR) is 112 cm³/mol. The molecule has 0 radical (unpaired) electrons. The number of fused-ring (bicyclic) bond motifs is 1. The Bertz CT molecular complexity index is 953. The maximum atomic E-state index is 13.6. The van der Waals surface area contributed by atoms with E-state index < -0.39 is 18.1 Å². The van der Waals surface area contributed by atoms with E-state index in [0.29, 0.717) is 30.2 Å². The number of hydrogen-bond donors (Lipinski definition) is 3. The number of hydrogen-bond acceptors (Lipinski definition) is 6. The van der Waals surface area contributed by atoms with Crippen LogP contribution in [0, 0.1) is 5.92 Å². The summed E-state index contributed by atoms with van der Waals surface area (Å²) < 4.78 is 34.2. The fourth-order valence-corrected chi connectivity index (χ4v) is 4.77. The summed E-state index contributed by atoms with van der Waals surface area (Å²) in [6.45, 7) is 1.09. The van der Waals surface area contributed by atoms with Gasteiger partial charge in [0.25, 0.3) is 0 Å². The summed E-state index contributed by atoms with van der Waals surface area (Å²) in [5.74, 6) is -2.98. The number of aliphatic hydroxyl groups is 1. The number of imidazole rings is 1. The molecule has 2 fully saturated rings. The highest BCUT2D eigenvalue weighted by molar-refractivity contribution is 5.65. The summed E-state index contributed by atoms with van der Waals surface area (Å²) in [6, 6.07) is 1.36. The second-order valence-electron chi connectivity index (χ2n) is 8.68. The first-order valence-electron chi connectivity index (χ1n) is 11.0. The van der Waals surface area contributed by atoms with Crippen molar-refractivity contribution in [1.82, 2.24) is 19.9 Å². The third kappa shape index (κ3) is 4.78. The Labute approximate surface area is 184 Å². The highest BCUT2D eigenvalue weighted by Gasteiger charge is 2.39. The summed E-state index contributed by atoms with van der Waals surface area (Å²) in [6.07, 6.45) is 1.99. The quantitative estimate of drug-likeness (QED) is 0.616. The number of ether oxygens (including phenoxy) is 1. The van der Waals surface area contributed by atoms with Crippen molar-refractivity contribution in [3.8, 4) is 0 Å². The largest absolute Gasteiger partial charge is 0.465 e. The van der Waals surface area contributed by atoms with Gasteiger partial charge in [0.2, 0.25) is 5.92 Å². The Kier molecular flexibility index (Phi) is 6.47. The lowest BCUT2D eigenvalue weighted by Crippen LogP contribution is -2.37. The van der Waals surface area contributed by atoms with Crippen LogP contribution < -0.4 is 10.2 Å². The molecule has 9 nitrogen and oxygen atoms in total. The maximum absolute atomic E-state index is 13.6. The van der Waals surface area contributed by atoms with Crippen LogP contribution in [-0.4, -0.2) is 63.1 Å². The van der Waals surface area contributed by atoms with E-state index in [-0.39, 0.29) is 44.2 Å². The number of aromatic nitrogens is 3. The minimum absolute atomic E-state index is 0.207. The zero-order chi connectivity index (χ0) is 22.9. The average molecular weight is 453 g/mol. The Morgan fingerprint density at radius 1 is 1.34 bits per heavy atom. The maximum Gasteiger partial charge on any atom is 0.405 e. The summed E-state index contributed by atoms with van der Waals surface area (Å²) in [5.41, 5.74) is 2.17. The van der Waals surface area contributed by atoms with Crippen molar-refractivity contribution >= 4 is 17.4 Å². The van der Waals surface area contributed by atoms with E-state index in [1.807, 2.05) is 13.1 Å². The van der Waals surface area contributed by atoms with E-state index >= 15 is 0 Å². The van der Waals surface area contributed by atoms with E-state index in [4.69, 9.17) is 4.74 Å². The molecule has 0 aromatic carbocycles. The van der Waals surface area contributed by atoms with Gasteiger partial charge in [-0.15, -0.1) is 0 Å². The van der Waals surface area contributed by atoms with Crippen molar-refractivity contribution < 1.29 is 28.5 Å². The summed E-state index contributed by atoms with van der Waals surface area (Å²) >= 11 is 0. The first-order chi connectivity index (χ1) is 15.3. The normalized spacial score (nSPS) is 20.9. The van der Waals surface area contributed by atoms with Crippen LogP contribution in [0.25, 0.3) is 5.65 Å². The summed E-state index contributed by atoms with van der Waals surface area (Å²) in [5, 5.41) is 26.2. The Balaban J connectivity index is 1.65. The molecule has 1 amide bonds. The van der Waals surface area contributed by atoms with E-state index in [1.54, 1.807) is 6.20 Å². The van der Waals surface area contributed by atoms with Gasteiger partial charge in [-0.1, -0.05) is 0 Å². The number of halogens is 2. The van der Waals surface area contributed by atoms with Crippen LogP contribution in [0.2, 0.25) is 0 Å². The average Bonchev–Trinajstić information content (AvgIpc) is 3.19. The molecule has 4 rings (SSSR count). The lowest BCUT2D eigenvalue weighted by Gasteiger charge is -2.33. The molecule has 1 atom stereocenters. The molecule has 11 heteroatoms. The van der Waals surface area contributed by atoms with E-state index in [2.05, 4.69) is 20.3 Å². The smallest absolute Gasteiger partial charge is 0.405 e. The van der Waals surface area contributed by atoms with E-state index in [9.17, 15) is 23.8 Å². The Morgan fingerprint density at radius 2 is 2.03 bits per heavy atom. The molecule has 1 unspecified atom stereocenters. The topological polar surface area (TPSA) is 112 Å². The highest BCUT2D eigenvalue weighted by atomic mass is 19.3. The van der Waals surface area contributed by atoms with Gasteiger partial charge in [-0.25, -0.2) is 23.1 Å². The SMILES string of the molecule is CN(c1cc2nc(C(NC(=O)O)C3CCC(F)(F)CC3)cn2nc1CO)C1CCOCC1. The van der Waals surface area contributed by atoms with Crippen LogP contribution in [0.1, 0.15) is 56.0 Å². The number of aliphatic hydroxyl groups excluding tert-OH is 1. The molecule has 2 aliphatic rings. The van der Waals surface area contributed by atoms with Gasteiger partial charge in [-0.3, -0.25) is 0 Å². The van der Waals surface area contributed by atoms with Gasteiger partial charge in [-0.2, -0.15) is 5.10 Å². The molecule has 1 aliphatic heterocycles. The highest BCUT2D eigenvalue weighted by Crippen LogP contribution is 2.41. The Morgan fingerprint density at radius 3 is 2.66 bits per heavy atom. The lowest BCUT2D eigenvalue weighted by atomic mass is 9.81. The second-order valence-corrected chi connectivity index (χ2v) is 8.68. The van der Waals surface area contributed by atoms with Crippen LogP contribution in [0.15, 0.2) is 12.3 Å². The van der Waals surface area contributed by atoms with Gasteiger partial charge < -0.3 is 25.2 Å². The zero-order valence-corrected chi connectivity index (χ0v) is 18.0. The predicted octanol–water partition coefficient (Wildman–Crippen LogP) is 2.97. The van der Waals surface area contributed by atoms with E-state index in [0.717, 1.165) is 18.5 Å². The number of carboxylic acid groups (broad SMARTS) is 1. The minimum Gasteiger partial charge on any atom is -0.465 e. The molecular formula is C21H29F2N5O4. The lowest BCUT2D eigenvalue weighted by molar-refractivity contribution is -0.0495. The van der Waals surface area contributed by atoms with Crippen molar-refractivity contribution in [3.05, 3.63) is 23.7 Å². The molecule has 3 N–H and O–H groups in total. The number of amides is 1. The molecule has 32 heavy (non-hydrogen) atoms. The molecule has 1 saturated carbocycles. The number of nitrogens with one attached hydrogen (secondary N) is 1. The number of anilines is 1. The van der Waals surface area contributed by atoms with Gasteiger partial charge in [0, 0.05) is 45.2 Å². The zero-order valence-electron chi connectivity index (χ0n) is 18.0. The van der Waals surface area contributed by atoms with Gasteiger partial charge >= 0.3 is 6.09 Å². The number of alkyl halides is 2. The third-order valence-electron chi connectivity index (χ3n) is 6.62. The molecule has 2 aromatic heterocycles. The van der Waals surface area contributed by atoms with Crippen LogP contribution in [0.4, 0.5) is 19.3 Å². The minimum atomic E-state index is -2.70. The fraction of sp³-hybridized carbons (Fsp3) is 0.667. The van der Waals surface area contributed by atoms with Crippen molar-refractivity contribution in [3.63, 3.8) is 0 Å². The molecule has 2 aromatic rings. The van der Waals surface area contributed by atoms with Gasteiger partial charge in [0.1, 0.15) is 5.69 Å². The van der Waals surface area contributed by atoms with Crippen molar-refractivity contribution in [2.24, 2.45) is 5.92 Å². The molecular weight excluding hydrogens is 424 g/mol. The first kappa shape index (κ1) is 22.7. The van der Waals surface area contributed by atoms with Crippen molar-refractivity contribution in [1.29, 1.82) is 0 Å². The molecule has 1 aliphatic carbocycles. The van der Waals surface area contributed by atoms with Crippen molar-refractivity contribution in [2.45, 2.75) is 63.1 Å². The van der Waals surface area contributed by atoms with E-state index in [1.165, 1.54) is 4.52 Å². The molecule has 0 spiro atoms. The van der Waals surface area contributed by atoms with Gasteiger partial charge in [0.05, 0.1) is 30.2 Å². The second kappa shape index (κ2) is 9.14. The Hall–Kier alpha value is -2.53. The molecule has 0 bridgehead atoms. The first-order valence-corrected chi connectivity index (χ1v) is 11.0. The monoisotopic (exact) mass is 453 g/mol. The number of carbonyl (C=O) groups is 1. The summed E-state index contributed by atoms with van der Waals surface area (Å²) in [7, 11) is 1.95. The number of rotatable bonds is 6. The van der Waals surface area contributed by atoms with Gasteiger partial charge in [0.15, 0.2) is 5.65 Å². The van der Waals surface area contributed by atoms with Crippen LogP contribution >= 0.6 is 0 Å². The number of nitrogens with zero attached hydrogens (tertiary/aromatic N) is 4. The van der Waals surface area contributed by atoms with Crippen LogP contribution in [0.3, 0.4) is 0 Å². The van der Waals surface area contributed by atoms with Gasteiger partial charge in [-0.05, 0) is 31.6 Å². The molecule has 1 saturated heterocycles.